The fraction of sp³-hybridized carbons (Fsp3) is 0.462. The lowest BCUT2D eigenvalue weighted by atomic mass is 9.61. The Morgan fingerprint density at radius 3 is 2.41 bits per heavy atom. The molecule has 0 aliphatic heterocycles. The second kappa shape index (κ2) is 4.30. The minimum Gasteiger partial charge on any atom is -0.353 e. The minimum atomic E-state index is -0.627. The molecule has 0 spiro atoms. The van der Waals surface area contributed by atoms with Crippen molar-refractivity contribution in [1.29, 1.82) is 5.26 Å². The molecule has 0 radical (unpaired) electrons. The van der Waals surface area contributed by atoms with Gasteiger partial charge in [-0.1, -0.05) is 23.7 Å². The Morgan fingerprint density at radius 1 is 1.29 bits per heavy atom. The standard InChI is InChI=1S/C13H14ClNO2/c1-16-13(17-2)7-12(8-13,9-15)10-4-3-5-11(14)6-10/h3-6H,7-8H2,1-2H3. The van der Waals surface area contributed by atoms with Crippen LogP contribution in [0.1, 0.15) is 18.4 Å². The molecule has 0 heterocycles. The van der Waals surface area contributed by atoms with Gasteiger partial charge in [0.15, 0.2) is 5.79 Å². The fourth-order valence-corrected chi connectivity index (χ4v) is 2.56. The van der Waals surface area contributed by atoms with Crippen LogP contribution in [0.25, 0.3) is 0 Å². The molecule has 2 rings (SSSR count). The van der Waals surface area contributed by atoms with Crippen LogP contribution in [-0.2, 0) is 14.9 Å². The van der Waals surface area contributed by atoms with Crippen molar-refractivity contribution in [3.8, 4) is 6.07 Å². The van der Waals surface area contributed by atoms with E-state index >= 15 is 0 Å². The van der Waals surface area contributed by atoms with Crippen LogP contribution in [0, 0.1) is 11.3 Å². The molecule has 90 valence electrons. The molecule has 1 aliphatic rings. The number of halogens is 1. The summed E-state index contributed by atoms with van der Waals surface area (Å²) in [7, 11) is 3.20. The molecule has 0 saturated heterocycles. The normalized spacial score (nSPS) is 20.4. The van der Waals surface area contributed by atoms with Crippen LogP contribution in [-0.4, -0.2) is 20.0 Å². The van der Waals surface area contributed by atoms with Gasteiger partial charge in [0.1, 0.15) is 0 Å². The molecule has 0 aromatic heterocycles. The molecule has 1 saturated carbocycles. The second-order valence-electron chi connectivity index (χ2n) is 4.38. The fourth-order valence-electron chi connectivity index (χ4n) is 2.37. The lowest BCUT2D eigenvalue weighted by Crippen LogP contribution is -2.56. The van der Waals surface area contributed by atoms with Gasteiger partial charge in [0.25, 0.3) is 0 Å². The van der Waals surface area contributed by atoms with Crippen LogP contribution in [0.15, 0.2) is 24.3 Å². The minimum absolute atomic E-state index is 0.532. The molecule has 1 aromatic carbocycles. The van der Waals surface area contributed by atoms with Gasteiger partial charge >= 0.3 is 0 Å². The predicted octanol–water partition coefficient (Wildman–Crippen LogP) is 2.88. The van der Waals surface area contributed by atoms with Gasteiger partial charge in [0.05, 0.1) is 11.5 Å². The third-order valence-corrected chi connectivity index (χ3v) is 3.71. The van der Waals surface area contributed by atoms with Crippen LogP contribution in [0.4, 0.5) is 0 Å². The summed E-state index contributed by atoms with van der Waals surface area (Å²) in [5.74, 6) is -0.627. The highest BCUT2D eigenvalue weighted by Crippen LogP contribution is 2.52. The average Bonchev–Trinajstić information content (AvgIpc) is 2.30. The Labute approximate surface area is 106 Å². The largest absolute Gasteiger partial charge is 0.353 e. The number of rotatable bonds is 3. The Kier molecular flexibility index (Phi) is 3.13. The van der Waals surface area contributed by atoms with Crippen molar-refractivity contribution in [2.75, 3.05) is 14.2 Å². The van der Waals surface area contributed by atoms with Crippen LogP contribution in [0.3, 0.4) is 0 Å². The maximum Gasteiger partial charge on any atom is 0.171 e. The van der Waals surface area contributed by atoms with Gasteiger partial charge in [0, 0.05) is 32.1 Å². The van der Waals surface area contributed by atoms with Gasteiger partial charge in [-0.2, -0.15) is 5.26 Å². The van der Waals surface area contributed by atoms with E-state index in [1.165, 1.54) is 0 Å². The molecular weight excluding hydrogens is 238 g/mol. The van der Waals surface area contributed by atoms with E-state index in [2.05, 4.69) is 6.07 Å². The van der Waals surface area contributed by atoms with Crippen molar-refractivity contribution in [3.05, 3.63) is 34.9 Å². The Hall–Kier alpha value is -1.08. The van der Waals surface area contributed by atoms with Crippen molar-refractivity contribution in [1.82, 2.24) is 0 Å². The topological polar surface area (TPSA) is 42.2 Å². The van der Waals surface area contributed by atoms with Gasteiger partial charge < -0.3 is 9.47 Å². The molecule has 3 nitrogen and oxygen atoms in total. The summed E-state index contributed by atoms with van der Waals surface area (Å²) in [5.41, 5.74) is 0.383. The zero-order valence-electron chi connectivity index (χ0n) is 9.87. The Bertz CT molecular complexity index is 455. The van der Waals surface area contributed by atoms with E-state index in [0.29, 0.717) is 17.9 Å². The van der Waals surface area contributed by atoms with E-state index in [0.717, 1.165) is 5.56 Å². The quantitative estimate of drug-likeness (QED) is 0.776. The lowest BCUT2D eigenvalue weighted by Gasteiger charge is -2.50. The number of nitrogens with zero attached hydrogens (tertiary/aromatic N) is 1. The molecule has 17 heavy (non-hydrogen) atoms. The number of methoxy groups -OCH3 is 2. The molecular formula is C13H14ClNO2. The van der Waals surface area contributed by atoms with Crippen molar-refractivity contribution in [2.45, 2.75) is 24.0 Å². The number of nitriles is 1. The number of ether oxygens (including phenoxy) is 2. The molecule has 4 heteroatoms. The molecule has 0 bridgehead atoms. The smallest absolute Gasteiger partial charge is 0.171 e. The summed E-state index contributed by atoms with van der Waals surface area (Å²) in [6, 6.07) is 9.78. The summed E-state index contributed by atoms with van der Waals surface area (Å²) in [5, 5.41) is 10.0. The molecule has 0 unspecified atom stereocenters. The first-order valence-corrected chi connectivity index (χ1v) is 5.75. The highest BCUT2D eigenvalue weighted by atomic mass is 35.5. The first kappa shape index (κ1) is 12.4. The van der Waals surface area contributed by atoms with Gasteiger partial charge in [-0.05, 0) is 17.7 Å². The molecule has 1 aromatic rings. The third-order valence-electron chi connectivity index (χ3n) is 3.48. The maximum atomic E-state index is 9.40. The summed E-state index contributed by atoms with van der Waals surface area (Å²) in [4.78, 5) is 0. The summed E-state index contributed by atoms with van der Waals surface area (Å²) in [6.45, 7) is 0. The maximum absolute atomic E-state index is 9.40. The van der Waals surface area contributed by atoms with Crippen LogP contribution >= 0.6 is 11.6 Å². The van der Waals surface area contributed by atoms with Crippen molar-refractivity contribution < 1.29 is 9.47 Å². The zero-order valence-corrected chi connectivity index (χ0v) is 10.6. The average molecular weight is 252 g/mol. The first-order chi connectivity index (χ1) is 8.10. The van der Waals surface area contributed by atoms with Gasteiger partial charge in [-0.25, -0.2) is 0 Å². The van der Waals surface area contributed by atoms with Gasteiger partial charge in [0.2, 0.25) is 0 Å². The number of hydrogen-bond acceptors (Lipinski definition) is 3. The zero-order chi connectivity index (χ0) is 12.5. The molecule has 0 amide bonds. The highest BCUT2D eigenvalue weighted by Gasteiger charge is 2.57. The van der Waals surface area contributed by atoms with Crippen molar-refractivity contribution in [2.24, 2.45) is 0 Å². The lowest BCUT2D eigenvalue weighted by molar-refractivity contribution is -0.269. The SMILES string of the molecule is COC1(OC)CC(C#N)(c2cccc(Cl)c2)C1. The van der Waals surface area contributed by atoms with Crippen LogP contribution in [0.2, 0.25) is 5.02 Å². The van der Waals surface area contributed by atoms with Gasteiger partial charge in [-0.15, -0.1) is 0 Å². The molecule has 0 atom stereocenters. The van der Waals surface area contributed by atoms with Crippen LogP contribution < -0.4 is 0 Å². The molecule has 0 N–H and O–H groups in total. The van der Waals surface area contributed by atoms with E-state index < -0.39 is 11.2 Å². The van der Waals surface area contributed by atoms with Crippen LogP contribution in [0.5, 0.6) is 0 Å². The van der Waals surface area contributed by atoms with Gasteiger partial charge in [-0.3, -0.25) is 0 Å². The highest BCUT2D eigenvalue weighted by molar-refractivity contribution is 6.30. The predicted molar refractivity (Wildman–Crippen MR) is 64.7 cm³/mol. The van der Waals surface area contributed by atoms with E-state index in [-0.39, 0.29) is 0 Å². The molecule has 1 aliphatic carbocycles. The number of benzene rings is 1. The summed E-state index contributed by atoms with van der Waals surface area (Å²) < 4.78 is 10.7. The Morgan fingerprint density at radius 2 is 1.94 bits per heavy atom. The van der Waals surface area contributed by atoms with E-state index in [1.807, 2.05) is 18.2 Å². The Balaban J connectivity index is 2.29. The summed E-state index contributed by atoms with van der Waals surface area (Å²) in [6.07, 6.45) is 1.06. The molecule has 1 fully saturated rings. The number of hydrogen-bond donors (Lipinski definition) is 0. The van der Waals surface area contributed by atoms with Crippen molar-refractivity contribution >= 4 is 11.6 Å². The van der Waals surface area contributed by atoms with E-state index in [4.69, 9.17) is 21.1 Å². The van der Waals surface area contributed by atoms with E-state index in [1.54, 1.807) is 20.3 Å². The monoisotopic (exact) mass is 251 g/mol. The summed E-state index contributed by atoms with van der Waals surface area (Å²) >= 11 is 5.96. The van der Waals surface area contributed by atoms with Crippen molar-refractivity contribution in [3.63, 3.8) is 0 Å². The first-order valence-electron chi connectivity index (χ1n) is 5.37. The second-order valence-corrected chi connectivity index (χ2v) is 4.81. The van der Waals surface area contributed by atoms with E-state index in [9.17, 15) is 5.26 Å². The third kappa shape index (κ3) is 1.93.